The lowest BCUT2D eigenvalue weighted by Crippen LogP contribution is -2.33. The highest BCUT2D eigenvalue weighted by Crippen LogP contribution is 2.56. The molecule has 24 heavy (non-hydrogen) atoms. The van der Waals surface area contributed by atoms with Crippen LogP contribution in [0.25, 0.3) is 0 Å². The Kier molecular flexibility index (Phi) is 5.15. The molecule has 1 saturated heterocycles. The Hall–Kier alpha value is -1.53. The lowest BCUT2D eigenvalue weighted by molar-refractivity contribution is 0.0278. The van der Waals surface area contributed by atoms with Crippen LogP contribution < -0.4 is 0 Å². The Morgan fingerprint density at radius 3 is 2.46 bits per heavy atom. The standard InChI is InChI=1S/C19H24NO3P/c1-19(2)15-22-24(21,23-16-19)20(14-12-18-9-6-10-18)13-11-17-7-4-3-5-8-17/h3-5,7-8,12H,6,9-10,14-16H2,1-2H3. The van der Waals surface area contributed by atoms with Crippen molar-refractivity contribution in [3.05, 3.63) is 47.5 Å². The van der Waals surface area contributed by atoms with Crippen molar-refractivity contribution in [2.75, 3.05) is 19.8 Å². The summed E-state index contributed by atoms with van der Waals surface area (Å²) in [4.78, 5) is 0. The summed E-state index contributed by atoms with van der Waals surface area (Å²) >= 11 is 0. The fourth-order valence-electron chi connectivity index (χ4n) is 2.39. The molecule has 2 aliphatic rings. The predicted molar refractivity (Wildman–Crippen MR) is 95.3 cm³/mol. The molecule has 0 unspecified atom stereocenters. The number of allylic oxidation sites excluding steroid dienone is 1. The van der Waals surface area contributed by atoms with E-state index in [4.69, 9.17) is 9.05 Å². The van der Waals surface area contributed by atoms with Gasteiger partial charge in [-0.3, -0.25) is 9.05 Å². The van der Waals surface area contributed by atoms with Crippen molar-refractivity contribution in [2.45, 2.75) is 33.1 Å². The molecule has 3 rings (SSSR count). The van der Waals surface area contributed by atoms with E-state index in [0.29, 0.717) is 19.8 Å². The van der Waals surface area contributed by atoms with Crippen LogP contribution in [-0.4, -0.2) is 24.4 Å². The number of benzene rings is 1. The molecular weight excluding hydrogens is 321 g/mol. The first kappa shape index (κ1) is 17.3. The van der Waals surface area contributed by atoms with Crippen molar-refractivity contribution in [1.82, 2.24) is 4.67 Å². The third-order valence-corrected chi connectivity index (χ3v) is 5.95. The topological polar surface area (TPSA) is 38.8 Å². The lowest BCUT2D eigenvalue weighted by Gasteiger charge is -2.37. The van der Waals surface area contributed by atoms with Crippen molar-refractivity contribution in [3.63, 3.8) is 0 Å². The van der Waals surface area contributed by atoms with E-state index in [2.05, 4.69) is 18.0 Å². The van der Waals surface area contributed by atoms with Crippen LogP contribution in [0.1, 0.15) is 38.7 Å². The summed E-state index contributed by atoms with van der Waals surface area (Å²) in [5.41, 5.74) is 2.15. The highest BCUT2D eigenvalue weighted by molar-refractivity contribution is 7.51. The molecule has 0 amide bonds. The maximum absolute atomic E-state index is 13.1. The van der Waals surface area contributed by atoms with Crippen LogP contribution in [0.4, 0.5) is 0 Å². The van der Waals surface area contributed by atoms with E-state index in [1.807, 2.05) is 44.2 Å². The van der Waals surface area contributed by atoms with E-state index < -0.39 is 7.75 Å². The minimum atomic E-state index is -3.37. The maximum atomic E-state index is 13.1. The fourth-order valence-corrected chi connectivity index (χ4v) is 4.22. The SMILES string of the molecule is CC1(C)COP(=O)(N(C#Cc2ccccc2)CC=C2CCC2)OC1. The average Bonchev–Trinajstić information content (AvgIpc) is 2.53. The Labute approximate surface area is 144 Å². The molecule has 0 N–H and O–H groups in total. The number of hydrogen-bond donors (Lipinski definition) is 0. The number of rotatable bonds is 3. The summed E-state index contributed by atoms with van der Waals surface area (Å²) in [7, 11) is -3.37. The monoisotopic (exact) mass is 345 g/mol. The molecule has 2 fully saturated rings. The van der Waals surface area contributed by atoms with Crippen LogP contribution in [0, 0.1) is 17.4 Å². The van der Waals surface area contributed by atoms with Crippen LogP contribution in [0.3, 0.4) is 0 Å². The molecule has 0 aromatic heterocycles. The summed E-state index contributed by atoms with van der Waals surface area (Å²) in [6.07, 6.45) is 5.59. The summed E-state index contributed by atoms with van der Waals surface area (Å²) in [5.74, 6) is 3.06. The number of nitrogens with zero attached hydrogens (tertiary/aromatic N) is 1. The molecule has 0 atom stereocenters. The Balaban J connectivity index is 1.79. The third kappa shape index (κ3) is 4.30. The first-order chi connectivity index (χ1) is 11.5. The van der Waals surface area contributed by atoms with Crippen molar-refractivity contribution in [3.8, 4) is 12.0 Å². The number of hydrogen-bond acceptors (Lipinski definition) is 3. The normalized spacial score (nSPS) is 21.2. The highest BCUT2D eigenvalue weighted by Gasteiger charge is 2.40. The maximum Gasteiger partial charge on any atom is 0.442 e. The Bertz CT molecular complexity index is 695. The van der Waals surface area contributed by atoms with Gasteiger partial charge in [0, 0.05) is 17.0 Å². The van der Waals surface area contributed by atoms with Crippen molar-refractivity contribution < 1.29 is 13.6 Å². The first-order valence-electron chi connectivity index (χ1n) is 8.39. The molecule has 1 aromatic carbocycles. The summed E-state index contributed by atoms with van der Waals surface area (Å²) in [5, 5.41) is 0. The summed E-state index contributed by atoms with van der Waals surface area (Å²) < 4.78 is 25.9. The third-order valence-electron chi connectivity index (χ3n) is 4.18. The highest BCUT2D eigenvalue weighted by atomic mass is 31.2. The molecule has 1 heterocycles. The van der Waals surface area contributed by atoms with Gasteiger partial charge in [0.15, 0.2) is 0 Å². The van der Waals surface area contributed by atoms with E-state index in [1.165, 1.54) is 12.0 Å². The zero-order chi connectivity index (χ0) is 17.0. The minimum Gasteiger partial charge on any atom is -0.291 e. The fraction of sp³-hybridized carbons (Fsp3) is 0.474. The summed E-state index contributed by atoms with van der Waals surface area (Å²) in [6.45, 7) is 5.35. The first-order valence-corrected chi connectivity index (χ1v) is 9.88. The molecule has 0 radical (unpaired) electrons. The van der Waals surface area contributed by atoms with Gasteiger partial charge >= 0.3 is 7.75 Å². The van der Waals surface area contributed by atoms with E-state index >= 15 is 0 Å². The molecule has 5 heteroatoms. The van der Waals surface area contributed by atoms with Gasteiger partial charge in [-0.25, -0.2) is 9.24 Å². The van der Waals surface area contributed by atoms with Gasteiger partial charge in [-0.05, 0) is 37.3 Å². The lowest BCUT2D eigenvalue weighted by atomic mass is 9.92. The molecule has 1 aliphatic carbocycles. The zero-order valence-corrected chi connectivity index (χ0v) is 15.2. The molecule has 0 bridgehead atoms. The van der Waals surface area contributed by atoms with Crippen LogP contribution >= 0.6 is 7.75 Å². The average molecular weight is 345 g/mol. The van der Waals surface area contributed by atoms with Gasteiger partial charge in [0.2, 0.25) is 0 Å². The smallest absolute Gasteiger partial charge is 0.291 e. The zero-order valence-electron chi connectivity index (χ0n) is 14.3. The van der Waals surface area contributed by atoms with Crippen molar-refractivity contribution >= 4 is 7.75 Å². The minimum absolute atomic E-state index is 0.126. The molecule has 1 saturated carbocycles. The molecule has 0 spiro atoms. The van der Waals surface area contributed by atoms with Crippen molar-refractivity contribution in [2.24, 2.45) is 5.41 Å². The van der Waals surface area contributed by atoms with E-state index in [-0.39, 0.29) is 5.41 Å². The van der Waals surface area contributed by atoms with Gasteiger partial charge in [-0.1, -0.05) is 43.7 Å². The molecular formula is C19H24NO3P. The molecule has 128 valence electrons. The van der Waals surface area contributed by atoms with Crippen LogP contribution in [-0.2, 0) is 13.6 Å². The van der Waals surface area contributed by atoms with E-state index in [0.717, 1.165) is 18.4 Å². The van der Waals surface area contributed by atoms with Gasteiger partial charge in [0.05, 0.1) is 19.8 Å². The largest absolute Gasteiger partial charge is 0.442 e. The summed E-state index contributed by atoms with van der Waals surface area (Å²) in [6, 6.07) is 12.7. The van der Waals surface area contributed by atoms with Crippen LogP contribution in [0.5, 0.6) is 0 Å². The quantitative estimate of drug-likeness (QED) is 0.348. The van der Waals surface area contributed by atoms with Gasteiger partial charge in [0.25, 0.3) is 0 Å². The molecule has 1 aromatic rings. The van der Waals surface area contributed by atoms with Gasteiger partial charge in [-0.15, -0.1) is 0 Å². The predicted octanol–water partition coefficient (Wildman–Crippen LogP) is 4.59. The molecule has 1 aliphatic heterocycles. The second-order valence-electron chi connectivity index (χ2n) is 7.08. The van der Waals surface area contributed by atoms with Crippen LogP contribution in [0.2, 0.25) is 0 Å². The van der Waals surface area contributed by atoms with Gasteiger partial charge < -0.3 is 0 Å². The van der Waals surface area contributed by atoms with Crippen LogP contribution in [0.15, 0.2) is 42.0 Å². The Morgan fingerprint density at radius 1 is 1.21 bits per heavy atom. The van der Waals surface area contributed by atoms with Crippen molar-refractivity contribution in [1.29, 1.82) is 0 Å². The molecule has 4 nitrogen and oxygen atoms in total. The second-order valence-corrected chi connectivity index (χ2v) is 9.02. The van der Waals surface area contributed by atoms with Gasteiger partial charge in [-0.2, -0.15) is 0 Å². The van der Waals surface area contributed by atoms with E-state index in [9.17, 15) is 4.57 Å². The second kappa shape index (κ2) is 7.15. The van der Waals surface area contributed by atoms with E-state index in [1.54, 1.807) is 4.67 Å². The Morgan fingerprint density at radius 2 is 1.88 bits per heavy atom. The van der Waals surface area contributed by atoms with Gasteiger partial charge in [0.1, 0.15) is 0 Å².